The molecule has 6 heteroatoms. The fourth-order valence-electron chi connectivity index (χ4n) is 4.79. The molecule has 0 bridgehead atoms. The lowest BCUT2D eigenvalue weighted by molar-refractivity contribution is 0.357. The highest BCUT2D eigenvalue weighted by Gasteiger charge is 2.28. The summed E-state index contributed by atoms with van der Waals surface area (Å²) in [5, 5.41) is 0. The van der Waals surface area contributed by atoms with E-state index in [1.165, 1.54) is 83.5 Å². The number of aromatic nitrogens is 2. The Morgan fingerprint density at radius 2 is 1.25 bits per heavy atom. The third-order valence-corrected chi connectivity index (χ3v) is 7.51. The molecule has 2 N–H and O–H groups in total. The predicted octanol–water partition coefficient (Wildman–Crippen LogP) is 8.06. The molecule has 1 heterocycles. The molecule has 188 valence electrons. The van der Waals surface area contributed by atoms with Gasteiger partial charge in [-0.2, -0.15) is 8.42 Å². The van der Waals surface area contributed by atoms with Gasteiger partial charge in [-0.05, 0) is 18.8 Å². The van der Waals surface area contributed by atoms with Gasteiger partial charge in [0.2, 0.25) is 0 Å². The quantitative estimate of drug-likeness (QED) is 0.133. The van der Waals surface area contributed by atoms with Gasteiger partial charge in [-0.3, -0.25) is 4.55 Å². The first-order valence-corrected chi connectivity index (χ1v) is 15.0. The van der Waals surface area contributed by atoms with Gasteiger partial charge < -0.3 is 4.98 Å². The summed E-state index contributed by atoms with van der Waals surface area (Å²) in [5.74, 6) is 0.699. The Morgan fingerprint density at radius 3 is 1.69 bits per heavy atom. The average Bonchev–Trinajstić information content (AvgIpc) is 3.27. The second kappa shape index (κ2) is 18.5. The zero-order chi connectivity index (χ0) is 23.5. The standard InChI is InChI=1S/C26H50N2O3S/c1-3-5-7-9-11-13-15-17-19-24(23-32(29,30)31)25(26-27-21-22-28-26)20-18-16-14-12-10-8-6-4-2/h21-22,24-25H,3-20,23H2,1-2H3,(H,27,28)(H,29,30,31). The molecule has 0 radical (unpaired) electrons. The second-order valence-electron chi connectivity index (χ2n) is 9.62. The number of hydrogen-bond donors (Lipinski definition) is 2. The van der Waals surface area contributed by atoms with Crippen molar-refractivity contribution in [1.82, 2.24) is 9.97 Å². The molecule has 0 aromatic carbocycles. The van der Waals surface area contributed by atoms with Crippen LogP contribution in [-0.2, 0) is 10.1 Å². The molecule has 1 aromatic rings. The third kappa shape index (κ3) is 15.0. The number of aromatic amines is 1. The van der Waals surface area contributed by atoms with Crippen LogP contribution in [0.4, 0.5) is 0 Å². The number of unbranched alkanes of at least 4 members (excludes halogenated alkanes) is 14. The van der Waals surface area contributed by atoms with Crippen LogP contribution in [0.15, 0.2) is 12.4 Å². The fraction of sp³-hybridized carbons (Fsp3) is 0.885. The van der Waals surface area contributed by atoms with Crippen molar-refractivity contribution in [2.24, 2.45) is 5.92 Å². The molecular formula is C26H50N2O3S. The fourth-order valence-corrected chi connectivity index (χ4v) is 5.73. The molecular weight excluding hydrogens is 420 g/mol. The molecule has 0 amide bonds. The topological polar surface area (TPSA) is 83.1 Å². The normalized spacial score (nSPS) is 14.0. The van der Waals surface area contributed by atoms with Gasteiger partial charge >= 0.3 is 0 Å². The maximum atomic E-state index is 11.8. The molecule has 0 aliphatic carbocycles. The van der Waals surface area contributed by atoms with Gasteiger partial charge in [-0.1, -0.05) is 117 Å². The Kier molecular flexibility index (Phi) is 16.9. The Hall–Kier alpha value is -0.880. The molecule has 5 nitrogen and oxygen atoms in total. The van der Waals surface area contributed by atoms with Crippen molar-refractivity contribution in [2.75, 3.05) is 5.75 Å². The zero-order valence-corrected chi connectivity index (χ0v) is 21.7. The minimum absolute atomic E-state index is 0.0663. The van der Waals surface area contributed by atoms with Crippen LogP contribution in [0, 0.1) is 5.92 Å². The molecule has 0 fully saturated rings. The Morgan fingerprint density at radius 1 is 0.781 bits per heavy atom. The van der Waals surface area contributed by atoms with E-state index in [9.17, 15) is 13.0 Å². The molecule has 0 spiro atoms. The summed E-state index contributed by atoms with van der Waals surface area (Å²) < 4.78 is 33.2. The zero-order valence-electron chi connectivity index (χ0n) is 20.9. The van der Waals surface area contributed by atoms with E-state index < -0.39 is 10.1 Å². The van der Waals surface area contributed by atoms with Crippen LogP contribution in [0.3, 0.4) is 0 Å². The molecule has 0 saturated carbocycles. The van der Waals surface area contributed by atoms with Crippen LogP contribution >= 0.6 is 0 Å². The molecule has 2 unspecified atom stereocenters. The largest absolute Gasteiger partial charge is 0.348 e. The highest BCUT2D eigenvalue weighted by Crippen LogP contribution is 2.33. The molecule has 1 aromatic heterocycles. The average molecular weight is 471 g/mol. The maximum absolute atomic E-state index is 11.8. The van der Waals surface area contributed by atoms with Crippen molar-refractivity contribution >= 4 is 10.1 Å². The van der Waals surface area contributed by atoms with Crippen molar-refractivity contribution in [2.45, 2.75) is 135 Å². The molecule has 0 aliphatic rings. The van der Waals surface area contributed by atoms with E-state index in [1.807, 2.05) is 6.20 Å². The minimum atomic E-state index is -4.01. The minimum Gasteiger partial charge on any atom is -0.348 e. The van der Waals surface area contributed by atoms with E-state index in [0.717, 1.165) is 37.9 Å². The van der Waals surface area contributed by atoms with Gasteiger partial charge in [-0.25, -0.2) is 4.98 Å². The molecule has 2 atom stereocenters. The SMILES string of the molecule is CCCCCCCCCCC(CS(=O)(=O)O)C(CCCCCCCCCC)c1ncc[nH]1. The number of nitrogens with zero attached hydrogens (tertiary/aromatic N) is 1. The van der Waals surface area contributed by atoms with E-state index in [4.69, 9.17) is 0 Å². The predicted molar refractivity (Wildman–Crippen MR) is 136 cm³/mol. The molecule has 1 rings (SSSR count). The van der Waals surface area contributed by atoms with Crippen molar-refractivity contribution in [3.8, 4) is 0 Å². The summed E-state index contributed by atoms with van der Waals surface area (Å²) in [4.78, 5) is 7.69. The van der Waals surface area contributed by atoms with Crippen LogP contribution in [0.25, 0.3) is 0 Å². The lowest BCUT2D eigenvalue weighted by Gasteiger charge is -2.25. The van der Waals surface area contributed by atoms with E-state index in [-0.39, 0.29) is 17.6 Å². The van der Waals surface area contributed by atoms with Crippen molar-refractivity contribution in [3.63, 3.8) is 0 Å². The molecule has 0 aliphatic heterocycles. The van der Waals surface area contributed by atoms with E-state index in [1.54, 1.807) is 6.20 Å². The molecule has 0 saturated heterocycles. The lowest BCUT2D eigenvalue weighted by atomic mass is 9.84. The first-order chi connectivity index (χ1) is 15.5. The maximum Gasteiger partial charge on any atom is 0.265 e. The summed E-state index contributed by atoms with van der Waals surface area (Å²) in [6.45, 7) is 4.48. The summed E-state index contributed by atoms with van der Waals surface area (Å²) >= 11 is 0. The van der Waals surface area contributed by atoms with E-state index in [0.29, 0.717) is 0 Å². The number of H-pyrrole nitrogens is 1. The van der Waals surface area contributed by atoms with Crippen LogP contribution in [0.5, 0.6) is 0 Å². The van der Waals surface area contributed by atoms with E-state index >= 15 is 0 Å². The summed E-state index contributed by atoms with van der Waals surface area (Å²) in [5.41, 5.74) is 0. The van der Waals surface area contributed by atoms with Crippen molar-refractivity contribution in [3.05, 3.63) is 18.2 Å². The highest BCUT2D eigenvalue weighted by molar-refractivity contribution is 7.85. The monoisotopic (exact) mass is 470 g/mol. The lowest BCUT2D eigenvalue weighted by Crippen LogP contribution is -2.23. The number of nitrogens with one attached hydrogen (secondary N) is 1. The number of imidazole rings is 1. The molecule has 32 heavy (non-hydrogen) atoms. The summed E-state index contributed by atoms with van der Waals surface area (Å²) in [7, 11) is -4.01. The Balaban J connectivity index is 2.53. The van der Waals surface area contributed by atoms with Gasteiger partial charge in [-0.15, -0.1) is 0 Å². The van der Waals surface area contributed by atoms with Gasteiger partial charge in [0.25, 0.3) is 10.1 Å². The van der Waals surface area contributed by atoms with Crippen LogP contribution < -0.4 is 0 Å². The van der Waals surface area contributed by atoms with Gasteiger partial charge in [0.15, 0.2) is 0 Å². The number of hydrogen-bond acceptors (Lipinski definition) is 3. The van der Waals surface area contributed by atoms with Crippen molar-refractivity contribution in [1.29, 1.82) is 0 Å². The smallest absolute Gasteiger partial charge is 0.265 e. The highest BCUT2D eigenvalue weighted by atomic mass is 32.2. The van der Waals surface area contributed by atoms with E-state index in [2.05, 4.69) is 23.8 Å². The Labute approximate surface area is 198 Å². The van der Waals surface area contributed by atoms with Crippen LogP contribution in [0.1, 0.15) is 141 Å². The van der Waals surface area contributed by atoms with Gasteiger partial charge in [0.05, 0.1) is 5.75 Å². The third-order valence-electron chi connectivity index (χ3n) is 6.66. The van der Waals surface area contributed by atoms with Gasteiger partial charge in [0, 0.05) is 18.3 Å². The number of rotatable bonds is 22. The van der Waals surface area contributed by atoms with Crippen LogP contribution in [-0.4, -0.2) is 28.7 Å². The summed E-state index contributed by atoms with van der Waals surface area (Å²) in [6, 6.07) is 0. The second-order valence-corrected chi connectivity index (χ2v) is 11.1. The first kappa shape index (κ1) is 29.2. The van der Waals surface area contributed by atoms with Crippen LogP contribution in [0.2, 0.25) is 0 Å². The van der Waals surface area contributed by atoms with Gasteiger partial charge in [0.1, 0.15) is 5.82 Å². The Bertz CT molecular complexity index is 632. The summed E-state index contributed by atoms with van der Waals surface area (Å²) in [6.07, 6.45) is 25.2. The first-order valence-electron chi connectivity index (χ1n) is 13.4. The van der Waals surface area contributed by atoms with Crippen molar-refractivity contribution < 1.29 is 13.0 Å².